The van der Waals surface area contributed by atoms with Gasteiger partial charge in [-0.05, 0) is 24.3 Å². The molecule has 3 heteroatoms. The molecule has 0 atom stereocenters. The molecule has 0 aromatic heterocycles. The highest BCUT2D eigenvalue weighted by Gasteiger charge is 2.21. The molecule has 0 fully saturated rings. The first-order valence-corrected chi connectivity index (χ1v) is 10.5. The lowest BCUT2D eigenvalue weighted by molar-refractivity contribution is 1.47. The minimum atomic E-state index is -0.803. The molecule has 4 aromatic rings. The molecule has 0 bridgehead atoms. The molecule has 0 saturated heterocycles. The molecule has 4 aromatic carbocycles. The number of aliphatic imine (C=N–C) groups is 1. The lowest BCUT2D eigenvalue weighted by Crippen LogP contribution is -2.27. The molecule has 28 heavy (non-hydrogen) atoms. The summed E-state index contributed by atoms with van der Waals surface area (Å²) in [4.78, 5) is 4.77. The highest BCUT2D eigenvalue weighted by atomic mass is 31.1. The highest BCUT2D eigenvalue weighted by molar-refractivity contribution is 7.75. The first-order chi connectivity index (χ1) is 13.9. The minimum Gasteiger partial charge on any atom is -0.302 e. The molecule has 4 rings (SSSR count). The Hall–Kier alpha value is -3.22. The standard InChI is InChI=1S/C25H21N2P/c1-5-13-22(14-6-1)26-21-27(23-15-7-2-8-16-23)28(24-17-9-3-10-18-24)25-19-11-4-12-20-25/h1-21H. The third-order valence-electron chi connectivity index (χ3n) is 4.31. The minimum absolute atomic E-state index is 0.803. The maximum atomic E-state index is 4.77. The zero-order chi connectivity index (χ0) is 19.0. The molecule has 0 saturated carbocycles. The lowest BCUT2D eigenvalue weighted by atomic mass is 10.3. The van der Waals surface area contributed by atoms with Gasteiger partial charge in [-0.1, -0.05) is 97.1 Å². The van der Waals surface area contributed by atoms with Gasteiger partial charge in [-0.25, -0.2) is 4.99 Å². The zero-order valence-corrected chi connectivity index (χ0v) is 16.4. The Morgan fingerprint density at radius 1 is 0.536 bits per heavy atom. The quantitative estimate of drug-likeness (QED) is 0.231. The fraction of sp³-hybridized carbons (Fsp3) is 0. The second-order valence-corrected chi connectivity index (χ2v) is 8.33. The summed E-state index contributed by atoms with van der Waals surface area (Å²) in [6.45, 7) is 0. The van der Waals surface area contributed by atoms with E-state index >= 15 is 0 Å². The van der Waals surface area contributed by atoms with Crippen LogP contribution in [0.15, 0.2) is 126 Å². The van der Waals surface area contributed by atoms with Crippen molar-refractivity contribution in [3.63, 3.8) is 0 Å². The van der Waals surface area contributed by atoms with Gasteiger partial charge in [-0.3, -0.25) is 0 Å². The fourth-order valence-corrected chi connectivity index (χ4v) is 5.21. The third-order valence-corrected chi connectivity index (χ3v) is 6.65. The number of benzene rings is 4. The van der Waals surface area contributed by atoms with Gasteiger partial charge in [-0.2, -0.15) is 0 Å². The number of nitrogens with zero attached hydrogens (tertiary/aromatic N) is 2. The van der Waals surface area contributed by atoms with E-state index in [9.17, 15) is 0 Å². The van der Waals surface area contributed by atoms with Crippen molar-refractivity contribution in [2.24, 2.45) is 4.99 Å². The molecule has 0 amide bonds. The Bertz CT molecular complexity index is 964. The van der Waals surface area contributed by atoms with Crippen molar-refractivity contribution < 1.29 is 0 Å². The van der Waals surface area contributed by atoms with Crippen LogP contribution in [0.3, 0.4) is 0 Å². The van der Waals surface area contributed by atoms with Gasteiger partial charge in [0.2, 0.25) is 0 Å². The number of anilines is 1. The van der Waals surface area contributed by atoms with Crippen molar-refractivity contribution in [1.82, 2.24) is 0 Å². The second-order valence-electron chi connectivity index (χ2n) is 6.24. The molecular formula is C25H21N2P. The van der Waals surface area contributed by atoms with E-state index in [1.807, 2.05) is 42.7 Å². The molecule has 0 N–H and O–H groups in total. The van der Waals surface area contributed by atoms with Crippen molar-refractivity contribution in [1.29, 1.82) is 0 Å². The first kappa shape index (κ1) is 18.2. The molecule has 136 valence electrons. The van der Waals surface area contributed by atoms with Crippen molar-refractivity contribution in [2.75, 3.05) is 4.67 Å². The Balaban J connectivity index is 1.83. The van der Waals surface area contributed by atoms with Gasteiger partial charge in [0, 0.05) is 16.3 Å². The average molecular weight is 380 g/mol. The van der Waals surface area contributed by atoms with Gasteiger partial charge >= 0.3 is 0 Å². The summed E-state index contributed by atoms with van der Waals surface area (Å²) >= 11 is 0. The summed E-state index contributed by atoms with van der Waals surface area (Å²) in [7, 11) is -0.803. The van der Waals surface area contributed by atoms with Crippen LogP contribution in [0.1, 0.15) is 0 Å². The average Bonchev–Trinajstić information content (AvgIpc) is 2.79. The Morgan fingerprint density at radius 2 is 0.964 bits per heavy atom. The van der Waals surface area contributed by atoms with Gasteiger partial charge in [-0.15, -0.1) is 0 Å². The molecule has 0 aliphatic heterocycles. The molecule has 2 nitrogen and oxygen atoms in total. The van der Waals surface area contributed by atoms with E-state index in [0.717, 1.165) is 11.4 Å². The highest BCUT2D eigenvalue weighted by Crippen LogP contribution is 2.41. The number of rotatable bonds is 6. The maximum absolute atomic E-state index is 4.77. The van der Waals surface area contributed by atoms with Crippen LogP contribution >= 0.6 is 8.07 Å². The molecule has 0 spiro atoms. The first-order valence-electron chi connectivity index (χ1n) is 9.25. The SMILES string of the molecule is C(=Nc1ccccc1)N(c1ccccc1)P(c1ccccc1)c1ccccc1. The molecule has 0 heterocycles. The van der Waals surface area contributed by atoms with E-state index < -0.39 is 8.07 Å². The third kappa shape index (κ3) is 4.36. The number of hydrogen-bond donors (Lipinski definition) is 0. The summed E-state index contributed by atoms with van der Waals surface area (Å²) in [6, 6.07) is 41.9. The molecule has 0 radical (unpaired) electrons. The molecule has 0 aliphatic rings. The summed E-state index contributed by atoms with van der Waals surface area (Å²) in [5.41, 5.74) is 2.07. The summed E-state index contributed by atoms with van der Waals surface area (Å²) in [6.07, 6.45) is 1.97. The molecular weight excluding hydrogens is 359 g/mol. The van der Waals surface area contributed by atoms with Crippen LogP contribution < -0.4 is 15.3 Å². The van der Waals surface area contributed by atoms with Gasteiger partial charge in [0.05, 0.1) is 20.1 Å². The molecule has 0 unspecified atom stereocenters. The van der Waals surface area contributed by atoms with Gasteiger partial charge in [0.1, 0.15) is 0 Å². The van der Waals surface area contributed by atoms with Crippen LogP contribution in [-0.2, 0) is 0 Å². The number of para-hydroxylation sites is 2. The van der Waals surface area contributed by atoms with Crippen molar-refractivity contribution in [3.8, 4) is 0 Å². The van der Waals surface area contributed by atoms with Crippen LogP contribution in [-0.4, -0.2) is 6.34 Å². The van der Waals surface area contributed by atoms with Gasteiger partial charge in [0.15, 0.2) is 0 Å². The smallest absolute Gasteiger partial charge is 0.0995 e. The van der Waals surface area contributed by atoms with Crippen LogP contribution in [0.4, 0.5) is 11.4 Å². The van der Waals surface area contributed by atoms with E-state index in [2.05, 4.69) is 89.6 Å². The van der Waals surface area contributed by atoms with E-state index in [1.54, 1.807) is 0 Å². The van der Waals surface area contributed by atoms with Crippen molar-refractivity contribution in [3.05, 3.63) is 121 Å². The normalized spacial score (nSPS) is 11.0. The van der Waals surface area contributed by atoms with Crippen LogP contribution in [0.25, 0.3) is 0 Å². The van der Waals surface area contributed by atoms with Gasteiger partial charge in [0.25, 0.3) is 0 Å². The Labute approximate surface area is 167 Å². The summed E-state index contributed by atoms with van der Waals surface area (Å²) in [5, 5.41) is 2.57. The largest absolute Gasteiger partial charge is 0.302 e. The second kappa shape index (κ2) is 9.12. The van der Waals surface area contributed by atoms with E-state index in [1.165, 1.54) is 10.6 Å². The van der Waals surface area contributed by atoms with Crippen molar-refractivity contribution in [2.45, 2.75) is 0 Å². The monoisotopic (exact) mass is 380 g/mol. The lowest BCUT2D eigenvalue weighted by Gasteiger charge is -2.30. The van der Waals surface area contributed by atoms with E-state index in [0.29, 0.717) is 0 Å². The zero-order valence-electron chi connectivity index (χ0n) is 15.5. The van der Waals surface area contributed by atoms with Crippen LogP contribution in [0.2, 0.25) is 0 Å². The Morgan fingerprint density at radius 3 is 1.46 bits per heavy atom. The Kier molecular flexibility index (Phi) is 5.92. The van der Waals surface area contributed by atoms with Gasteiger partial charge < -0.3 is 4.67 Å². The summed E-state index contributed by atoms with van der Waals surface area (Å²) < 4.78 is 2.30. The van der Waals surface area contributed by atoms with Crippen LogP contribution in [0, 0.1) is 0 Å². The molecule has 0 aliphatic carbocycles. The predicted octanol–water partition coefficient (Wildman–Crippen LogP) is 5.90. The summed E-state index contributed by atoms with van der Waals surface area (Å²) in [5.74, 6) is 0. The van der Waals surface area contributed by atoms with E-state index in [4.69, 9.17) is 4.99 Å². The number of hydrogen-bond acceptors (Lipinski definition) is 1. The maximum Gasteiger partial charge on any atom is 0.0995 e. The topological polar surface area (TPSA) is 15.6 Å². The van der Waals surface area contributed by atoms with Crippen LogP contribution in [0.5, 0.6) is 0 Å². The predicted molar refractivity (Wildman–Crippen MR) is 123 cm³/mol. The fourth-order valence-electron chi connectivity index (χ4n) is 2.99. The van der Waals surface area contributed by atoms with Crippen molar-refractivity contribution >= 4 is 36.4 Å². The van der Waals surface area contributed by atoms with E-state index in [-0.39, 0.29) is 0 Å².